The van der Waals surface area contributed by atoms with Crippen LogP contribution in [0.25, 0.3) is 0 Å². The third kappa shape index (κ3) is 6.67. The van der Waals surface area contributed by atoms with Crippen molar-refractivity contribution < 1.29 is 19.1 Å². The molecule has 0 fully saturated rings. The van der Waals surface area contributed by atoms with Gasteiger partial charge in [-0.05, 0) is 49.6 Å². The molecule has 1 N–H and O–H groups in total. The number of hydrogen-bond donors (Lipinski definition) is 1. The molecule has 0 saturated heterocycles. The van der Waals surface area contributed by atoms with Crippen LogP contribution < -0.4 is 5.32 Å². The predicted octanol–water partition coefficient (Wildman–Crippen LogP) is 4.48. The highest BCUT2D eigenvalue weighted by atomic mass is 16.5. The van der Waals surface area contributed by atoms with Gasteiger partial charge in [0.15, 0.2) is 6.61 Å². The van der Waals surface area contributed by atoms with Crippen molar-refractivity contribution in [3.63, 3.8) is 0 Å². The predicted molar refractivity (Wildman–Crippen MR) is 122 cm³/mol. The smallest absolute Gasteiger partial charge is 0.314 e. The van der Waals surface area contributed by atoms with Crippen molar-refractivity contribution in [3.05, 3.63) is 65.7 Å². The maximum atomic E-state index is 12.7. The van der Waals surface area contributed by atoms with Gasteiger partial charge >= 0.3 is 5.97 Å². The van der Waals surface area contributed by atoms with E-state index >= 15 is 0 Å². The molecule has 6 heteroatoms. The number of carbonyl (C=O) groups excluding carboxylic acids is 3. The van der Waals surface area contributed by atoms with Crippen LogP contribution in [0.3, 0.4) is 0 Å². The fourth-order valence-corrected chi connectivity index (χ4v) is 3.41. The summed E-state index contributed by atoms with van der Waals surface area (Å²) < 4.78 is 5.33. The quantitative estimate of drug-likeness (QED) is 0.571. The molecule has 6 nitrogen and oxygen atoms in total. The minimum atomic E-state index is -0.424. The van der Waals surface area contributed by atoms with Gasteiger partial charge in [0.2, 0.25) is 0 Å². The molecule has 2 aromatic carbocycles. The molecule has 166 valence electrons. The highest BCUT2D eigenvalue weighted by molar-refractivity contribution is 5.96. The average Bonchev–Trinajstić information content (AvgIpc) is 2.79. The van der Waals surface area contributed by atoms with Crippen molar-refractivity contribution in [2.75, 3.05) is 25.0 Å². The van der Waals surface area contributed by atoms with Gasteiger partial charge in [-0.1, -0.05) is 50.6 Å². The van der Waals surface area contributed by atoms with Crippen LogP contribution in [0.2, 0.25) is 0 Å². The Bertz CT molecular complexity index is 861. The largest absolute Gasteiger partial charge is 0.455 e. The van der Waals surface area contributed by atoms with Crippen molar-refractivity contribution in [2.45, 2.75) is 40.0 Å². The standard InChI is InChI=1S/C25H32N2O4/c1-5-18(4)23(19-11-9-8-10-12-19)25(30)31-17-22(28)26-21-15-13-20(14-16-21)24(29)27(6-2)7-3/h8-16,18,23H,5-7,17H2,1-4H3,(H,26,28)/t18-,23+/m1/s1. The minimum Gasteiger partial charge on any atom is -0.455 e. The van der Waals surface area contributed by atoms with E-state index in [2.05, 4.69) is 5.32 Å². The van der Waals surface area contributed by atoms with Crippen molar-refractivity contribution in [1.29, 1.82) is 0 Å². The number of nitrogens with one attached hydrogen (secondary N) is 1. The summed E-state index contributed by atoms with van der Waals surface area (Å²) in [4.78, 5) is 39.1. The Balaban J connectivity index is 1.95. The highest BCUT2D eigenvalue weighted by Crippen LogP contribution is 2.28. The van der Waals surface area contributed by atoms with Crippen LogP contribution in [0.1, 0.15) is 56.0 Å². The molecule has 0 aliphatic carbocycles. The molecule has 0 spiro atoms. The second kappa shape index (κ2) is 11.9. The molecule has 0 unspecified atom stereocenters. The first-order chi connectivity index (χ1) is 14.9. The second-order valence-electron chi connectivity index (χ2n) is 7.48. The lowest BCUT2D eigenvalue weighted by atomic mass is 9.86. The molecule has 0 bridgehead atoms. The first-order valence-electron chi connectivity index (χ1n) is 10.8. The van der Waals surface area contributed by atoms with E-state index in [1.807, 2.05) is 58.0 Å². The normalized spacial score (nSPS) is 12.5. The van der Waals surface area contributed by atoms with E-state index in [4.69, 9.17) is 4.74 Å². The van der Waals surface area contributed by atoms with E-state index in [1.54, 1.807) is 29.2 Å². The Morgan fingerprint density at radius 3 is 2.10 bits per heavy atom. The van der Waals surface area contributed by atoms with Crippen molar-refractivity contribution in [2.24, 2.45) is 5.92 Å². The number of rotatable bonds is 10. The first-order valence-corrected chi connectivity index (χ1v) is 10.8. The summed E-state index contributed by atoms with van der Waals surface area (Å²) >= 11 is 0. The molecule has 0 aliphatic rings. The number of amides is 2. The molecule has 2 atom stereocenters. The van der Waals surface area contributed by atoms with Crippen LogP contribution >= 0.6 is 0 Å². The molecule has 0 saturated carbocycles. The molecule has 0 aliphatic heterocycles. The lowest BCUT2D eigenvalue weighted by Crippen LogP contribution is -2.30. The average molecular weight is 425 g/mol. The van der Waals surface area contributed by atoms with Crippen LogP contribution in [0.15, 0.2) is 54.6 Å². The Hall–Kier alpha value is -3.15. The van der Waals surface area contributed by atoms with Gasteiger partial charge in [-0.25, -0.2) is 0 Å². The number of hydrogen-bond acceptors (Lipinski definition) is 4. The van der Waals surface area contributed by atoms with Crippen LogP contribution in [0.4, 0.5) is 5.69 Å². The zero-order valence-corrected chi connectivity index (χ0v) is 18.8. The highest BCUT2D eigenvalue weighted by Gasteiger charge is 2.27. The summed E-state index contributed by atoms with van der Waals surface area (Å²) in [6.45, 7) is 8.80. The molecule has 2 aromatic rings. The number of anilines is 1. The van der Waals surface area contributed by atoms with Gasteiger partial charge in [0.1, 0.15) is 0 Å². The van der Waals surface area contributed by atoms with Crippen LogP contribution in [0, 0.1) is 5.92 Å². The van der Waals surface area contributed by atoms with E-state index in [0.29, 0.717) is 24.3 Å². The van der Waals surface area contributed by atoms with Crippen molar-refractivity contribution >= 4 is 23.5 Å². The molecule has 2 amide bonds. The Labute approximate surface area is 184 Å². The van der Waals surface area contributed by atoms with Gasteiger partial charge < -0.3 is 15.0 Å². The van der Waals surface area contributed by atoms with E-state index in [0.717, 1.165) is 12.0 Å². The molecule has 31 heavy (non-hydrogen) atoms. The number of benzene rings is 2. The first kappa shape index (κ1) is 24.1. The van der Waals surface area contributed by atoms with Gasteiger partial charge in [0.25, 0.3) is 11.8 Å². The van der Waals surface area contributed by atoms with Gasteiger partial charge in [-0.3, -0.25) is 14.4 Å². The summed E-state index contributed by atoms with van der Waals surface area (Å²) in [6, 6.07) is 16.2. The fourth-order valence-electron chi connectivity index (χ4n) is 3.41. The molecule has 0 radical (unpaired) electrons. The van der Waals surface area contributed by atoms with E-state index in [-0.39, 0.29) is 18.4 Å². The maximum Gasteiger partial charge on any atom is 0.314 e. The van der Waals surface area contributed by atoms with E-state index < -0.39 is 17.8 Å². The number of esters is 1. The maximum absolute atomic E-state index is 12.7. The summed E-state index contributed by atoms with van der Waals surface area (Å²) in [6.07, 6.45) is 0.819. The Morgan fingerprint density at radius 2 is 1.55 bits per heavy atom. The molecule has 0 aromatic heterocycles. The summed E-state index contributed by atoms with van der Waals surface area (Å²) in [5.74, 6) is -1.20. The minimum absolute atomic E-state index is 0.0474. The third-order valence-corrected chi connectivity index (χ3v) is 5.44. The number of nitrogens with zero attached hydrogens (tertiary/aromatic N) is 1. The van der Waals surface area contributed by atoms with Crippen LogP contribution in [0.5, 0.6) is 0 Å². The molecule has 0 heterocycles. The van der Waals surface area contributed by atoms with Gasteiger partial charge in [-0.15, -0.1) is 0 Å². The lowest BCUT2D eigenvalue weighted by Gasteiger charge is -2.21. The molecular formula is C25H32N2O4. The van der Waals surface area contributed by atoms with E-state index in [1.165, 1.54) is 0 Å². The Morgan fingerprint density at radius 1 is 0.935 bits per heavy atom. The monoisotopic (exact) mass is 424 g/mol. The summed E-state index contributed by atoms with van der Waals surface area (Å²) in [5, 5.41) is 2.70. The van der Waals surface area contributed by atoms with Crippen molar-refractivity contribution in [1.82, 2.24) is 4.90 Å². The molecule has 2 rings (SSSR count). The topological polar surface area (TPSA) is 75.7 Å². The SMILES string of the molecule is CC[C@@H](C)[C@H](C(=O)OCC(=O)Nc1ccc(C(=O)N(CC)CC)cc1)c1ccccc1. The van der Waals surface area contributed by atoms with Gasteiger partial charge in [0, 0.05) is 24.3 Å². The van der Waals surface area contributed by atoms with Gasteiger partial charge in [-0.2, -0.15) is 0 Å². The second-order valence-corrected chi connectivity index (χ2v) is 7.48. The van der Waals surface area contributed by atoms with Crippen LogP contribution in [-0.2, 0) is 14.3 Å². The summed E-state index contributed by atoms with van der Waals surface area (Å²) in [7, 11) is 0. The Kier molecular flexibility index (Phi) is 9.25. The zero-order valence-electron chi connectivity index (χ0n) is 18.8. The number of ether oxygens (including phenoxy) is 1. The zero-order chi connectivity index (χ0) is 22.8. The fraction of sp³-hybridized carbons (Fsp3) is 0.400. The lowest BCUT2D eigenvalue weighted by molar-refractivity contribution is -0.150. The molecular weight excluding hydrogens is 392 g/mol. The van der Waals surface area contributed by atoms with Gasteiger partial charge in [0.05, 0.1) is 5.92 Å². The van der Waals surface area contributed by atoms with E-state index in [9.17, 15) is 14.4 Å². The van der Waals surface area contributed by atoms with Crippen molar-refractivity contribution in [3.8, 4) is 0 Å². The van der Waals surface area contributed by atoms with Crippen LogP contribution in [-0.4, -0.2) is 42.4 Å². The number of carbonyl (C=O) groups is 3. The summed E-state index contributed by atoms with van der Waals surface area (Å²) in [5.41, 5.74) is 1.99. The third-order valence-electron chi connectivity index (χ3n) is 5.44.